The molecule has 10 N–H and O–H groups in total. The van der Waals surface area contributed by atoms with E-state index in [1.807, 2.05) is 20.8 Å². The Morgan fingerprint density at radius 2 is 1.56 bits per heavy atom. The van der Waals surface area contributed by atoms with Gasteiger partial charge in [0.25, 0.3) is 0 Å². The predicted octanol–water partition coefficient (Wildman–Crippen LogP) is -1.07. The summed E-state index contributed by atoms with van der Waals surface area (Å²) in [7, 11) is 0. The maximum absolute atomic E-state index is 13.0. The number of thiol groups is 1. The van der Waals surface area contributed by atoms with E-state index in [9.17, 15) is 24.3 Å². The molecule has 0 radical (unpaired) electrons. The summed E-state index contributed by atoms with van der Waals surface area (Å²) in [5.74, 6) is -3.24. The number of rotatable bonds is 16. The molecule has 12 nitrogen and oxygen atoms in total. The zero-order valence-electron chi connectivity index (χ0n) is 20.4. The third kappa shape index (κ3) is 12.1. The quantitative estimate of drug-likeness (QED) is 0.0560. The van der Waals surface area contributed by atoms with Gasteiger partial charge in [-0.25, -0.2) is 4.79 Å². The molecular formula is C21H41N7O5S. The highest BCUT2D eigenvalue weighted by molar-refractivity contribution is 7.80. The number of carboxylic acids is 1. The van der Waals surface area contributed by atoms with Gasteiger partial charge in [0.1, 0.15) is 18.1 Å². The largest absolute Gasteiger partial charge is 0.480 e. The molecule has 34 heavy (non-hydrogen) atoms. The summed E-state index contributed by atoms with van der Waals surface area (Å²) in [6.07, 6.45) is 1.60. The maximum atomic E-state index is 13.0. The number of nitrogens with one attached hydrogen (secondary N) is 3. The molecule has 5 unspecified atom stereocenters. The van der Waals surface area contributed by atoms with Crippen LogP contribution in [-0.4, -0.2) is 71.2 Å². The van der Waals surface area contributed by atoms with Crippen molar-refractivity contribution in [3.8, 4) is 0 Å². The van der Waals surface area contributed by atoms with E-state index >= 15 is 0 Å². The molecule has 3 amide bonds. The number of carbonyl (C=O) groups is 4. The van der Waals surface area contributed by atoms with Crippen molar-refractivity contribution >= 4 is 42.3 Å². The first-order valence-corrected chi connectivity index (χ1v) is 12.0. The van der Waals surface area contributed by atoms with Crippen LogP contribution in [0.3, 0.4) is 0 Å². The topological polar surface area (TPSA) is 215 Å². The van der Waals surface area contributed by atoms with Crippen LogP contribution in [0.1, 0.15) is 53.4 Å². The summed E-state index contributed by atoms with van der Waals surface area (Å²) in [5.41, 5.74) is 16.5. The lowest BCUT2D eigenvalue weighted by Gasteiger charge is -2.27. The molecule has 0 saturated heterocycles. The summed E-state index contributed by atoms with van der Waals surface area (Å²) >= 11 is 4.12. The van der Waals surface area contributed by atoms with E-state index in [0.29, 0.717) is 25.8 Å². The summed E-state index contributed by atoms with van der Waals surface area (Å²) < 4.78 is 0. The van der Waals surface area contributed by atoms with Crippen molar-refractivity contribution in [2.24, 2.45) is 34.0 Å². The fourth-order valence-corrected chi connectivity index (χ4v) is 3.29. The Kier molecular flexibility index (Phi) is 14.9. The number of hydrogen-bond acceptors (Lipinski definition) is 7. The number of amides is 3. The lowest BCUT2D eigenvalue weighted by atomic mass is 9.97. The van der Waals surface area contributed by atoms with Gasteiger partial charge in [0.15, 0.2) is 5.96 Å². The van der Waals surface area contributed by atoms with Gasteiger partial charge < -0.3 is 38.3 Å². The highest BCUT2D eigenvalue weighted by atomic mass is 32.1. The molecule has 0 saturated carbocycles. The van der Waals surface area contributed by atoms with Gasteiger partial charge in [0.2, 0.25) is 17.7 Å². The van der Waals surface area contributed by atoms with E-state index in [2.05, 4.69) is 33.6 Å². The SMILES string of the molecule is CCC(C)C(NC(=O)C(N)CCCN=C(N)N)C(=O)NC(CS)C(=O)NC(CC(C)C)C(=O)O. The second kappa shape index (κ2) is 16.1. The Hall–Kier alpha value is -2.54. The Morgan fingerprint density at radius 1 is 0.971 bits per heavy atom. The first-order valence-electron chi connectivity index (χ1n) is 11.4. The fraction of sp³-hybridized carbons (Fsp3) is 0.762. The van der Waals surface area contributed by atoms with Crippen molar-refractivity contribution in [2.45, 2.75) is 77.5 Å². The van der Waals surface area contributed by atoms with Crippen LogP contribution in [0.15, 0.2) is 4.99 Å². The Morgan fingerprint density at radius 3 is 2.03 bits per heavy atom. The number of carboxylic acid groups (broad SMARTS) is 1. The van der Waals surface area contributed by atoms with Crippen LogP contribution in [-0.2, 0) is 19.2 Å². The van der Waals surface area contributed by atoms with Crippen LogP contribution < -0.4 is 33.2 Å². The highest BCUT2D eigenvalue weighted by Crippen LogP contribution is 2.10. The van der Waals surface area contributed by atoms with Crippen molar-refractivity contribution in [2.75, 3.05) is 12.3 Å². The molecule has 0 bridgehead atoms. The average Bonchev–Trinajstić information content (AvgIpc) is 2.76. The monoisotopic (exact) mass is 503 g/mol. The molecule has 13 heteroatoms. The van der Waals surface area contributed by atoms with Crippen LogP contribution in [0, 0.1) is 11.8 Å². The first kappa shape index (κ1) is 31.5. The average molecular weight is 504 g/mol. The summed E-state index contributed by atoms with van der Waals surface area (Å²) in [6.45, 7) is 7.65. The Bertz CT molecular complexity index is 716. The zero-order valence-corrected chi connectivity index (χ0v) is 21.3. The minimum atomic E-state index is -1.16. The summed E-state index contributed by atoms with van der Waals surface area (Å²) in [5, 5.41) is 17.0. The van der Waals surface area contributed by atoms with Gasteiger partial charge in [-0.3, -0.25) is 19.4 Å². The van der Waals surface area contributed by atoms with Gasteiger partial charge in [-0.15, -0.1) is 0 Å². The van der Waals surface area contributed by atoms with Gasteiger partial charge in [0, 0.05) is 12.3 Å². The molecule has 0 rings (SSSR count). The van der Waals surface area contributed by atoms with Crippen molar-refractivity contribution in [1.29, 1.82) is 0 Å². The van der Waals surface area contributed by atoms with E-state index < -0.39 is 47.9 Å². The second-order valence-electron chi connectivity index (χ2n) is 8.70. The zero-order chi connectivity index (χ0) is 26.4. The fourth-order valence-electron chi connectivity index (χ4n) is 3.03. The number of hydrogen-bond donors (Lipinski definition) is 8. The van der Waals surface area contributed by atoms with E-state index in [0.717, 1.165) is 0 Å². The molecule has 0 aliphatic rings. The molecule has 5 atom stereocenters. The molecular weight excluding hydrogens is 462 g/mol. The Balaban J connectivity index is 5.20. The van der Waals surface area contributed by atoms with Crippen LogP contribution in [0.4, 0.5) is 0 Å². The van der Waals surface area contributed by atoms with Crippen LogP contribution in [0.25, 0.3) is 0 Å². The minimum absolute atomic E-state index is 0.0408. The lowest BCUT2D eigenvalue weighted by molar-refractivity contribution is -0.142. The molecule has 0 aromatic heterocycles. The summed E-state index contributed by atoms with van der Waals surface area (Å²) in [4.78, 5) is 53.4. The number of nitrogens with zero attached hydrogens (tertiary/aromatic N) is 1. The molecule has 0 aliphatic heterocycles. The Labute approximate surface area is 206 Å². The summed E-state index contributed by atoms with van der Waals surface area (Å²) in [6, 6.07) is -3.98. The van der Waals surface area contributed by atoms with Crippen LogP contribution in [0.5, 0.6) is 0 Å². The van der Waals surface area contributed by atoms with Gasteiger partial charge in [0.05, 0.1) is 6.04 Å². The standard InChI is InChI=1S/C21H41N7O5S/c1-5-12(4)16(28-17(29)13(22)7-6-8-25-21(23)24)19(31)27-15(10-34)18(30)26-14(20(32)33)9-11(2)3/h11-16,34H,5-10,22H2,1-4H3,(H,26,30)(H,27,31)(H,28,29)(H,32,33)(H4,23,24,25). The van der Waals surface area contributed by atoms with Gasteiger partial charge >= 0.3 is 5.97 Å². The number of carbonyl (C=O) groups excluding carboxylic acids is 3. The number of guanidine groups is 1. The molecule has 0 aromatic rings. The van der Waals surface area contributed by atoms with Gasteiger partial charge in [-0.05, 0) is 31.1 Å². The molecule has 0 fully saturated rings. The van der Waals surface area contributed by atoms with Crippen molar-refractivity contribution in [3.05, 3.63) is 0 Å². The van der Waals surface area contributed by atoms with Crippen molar-refractivity contribution in [1.82, 2.24) is 16.0 Å². The highest BCUT2D eigenvalue weighted by Gasteiger charge is 2.32. The lowest BCUT2D eigenvalue weighted by Crippen LogP contribution is -2.59. The number of aliphatic imine (C=N–C) groups is 1. The molecule has 0 aromatic carbocycles. The van der Waals surface area contributed by atoms with E-state index in [4.69, 9.17) is 17.2 Å². The van der Waals surface area contributed by atoms with Gasteiger partial charge in [-0.1, -0.05) is 34.1 Å². The third-order valence-electron chi connectivity index (χ3n) is 5.23. The number of nitrogens with two attached hydrogens (primary N) is 3. The molecule has 196 valence electrons. The predicted molar refractivity (Wildman–Crippen MR) is 134 cm³/mol. The number of aliphatic carboxylic acids is 1. The maximum Gasteiger partial charge on any atom is 0.326 e. The van der Waals surface area contributed by atoms with Crippen LogP contribution >= 0.6 is 12.6 Å². The second-order valence-corrected chi connectivity index (χ2v) is 9.06. The third-order valence-corrected chi connectivity index (χ3v) is 5.60. The van der Waals surface area contributed by atoms with Crippen molar-refractivity contribution in [3.63, 3.8) is 0 Å². The minimum Gasteiger partial charge on any atom is -0.480 e. The van der Waals surface area contributed by atoms with E-state index in [1.54, 1.807) is 6.92 Å². The van der Waals surface area contributed by atoms with E-state index in [-0.39, 0.29) is 30.0 Å². The van der Waals surface area contributed by atoms with E-state index in [1.165, 1.54) is 0 Å². The van der Waals surface area contributed by atoms with Crippen molar-refractivity contribution < 1.29 is 24.3 Å². The molecule has 0 heterocycles. The molecule has 0 spiro atoms. The smallest absolute Gasteiger partial charge is 0.326 e. The van der Waals surface area contributed by atoms with Gasteiger partial charge in [-0.2, -0.15) is 12.6 Å². The normalized spacial score (nSPS) is 15.4. The first-order chi connectivity index (χ1) is 15.8. The van der Waals surface area contributed by atoms with Crippen LogP contribution in [0.2, 0.25) is 0 Å². The molecule has 0 aliphatic carbocycles.